The number of nitrogen functional groups attached to an aromatic ring is 1. The van der Waals surface area contributed by atoms with Gasteiger partial charge in [0.15, 0.2) is 16.6 Å². The predicted octanol–water partition coefficient (Wildman–Crippen LogP) is 1.97. The number of ether oxygens (including phenoxy) is 1. The number of aromatic nitrogens is 1. The van der Waals surface area contributed by atoms with E-state index in [9.17, 15) is 0 Å². The summed E-state index contributed by atoms with van der Waals surface area (Å²) in [4.78, 5) is 2.34. The van der Waals surface area contributed by atoms with Crippen molar-refractivity contribution in [2.24, 2.45) is 5.92 Å². The number of hydrogen-bond acceptors (Lipinski definition) is 5. The van der Waals surface area contributed by atoms with Gasteiger partial charge in [-0.3, -0.25) is 0 Å². The minimum Gasteiger partial charge on any atom is -0.490 e. The van der Waals surface area contributed by atoms with Crippen LogP contribution < -0.4 is 15.4 Å². The maximum atomic E-state index is 5.75. The fourth-order valence-corrected chi connectivity index (χ4v) is 3.14. The molecule has 4 nitrogen and oxygen atoms in total. The molecule has 0 spiro atoms. The molecule has 1 saturated heterocycles. The fraction of sp³-hybridized carbons (Fsp3) is 0.700. The van der Waals surface area contributed by atoms with Crippen molar-refractivity contribution in [1.29, 1.82) is 0 Å². The van der Waals surface area contributed by atoms with Crippen LogP contribution in [0.4, 0.5) is 10.8 Å². The molecule has 0 bridgehead atoms. The van der Waals surface area contributed by atoms with Crippen molar-refractivity contribution in [2.75, 3.05) is 24.3 Å². The zero-order chi connectivity index (χ0) is 11.0. The topological polar surface area (TPSA) is 51.4 Å². The molecule has 2 atom stereocenters. The van der Waals surface area contributed by atoms with E-state index < -0.39 is 0 Å². The second-order valence-corrected chi connectivity index (χ2v) is 5.00. The van der Waals surface area contributed by atoms with Gasteiger partial charge in [0.05, 0.1) is 7.11 Å². The summed E-state index contributed by atoms with van der Waals surface area (Å²) < 4.78 is 9.44. The van der Waals surface area contributed by atoms with Gasteiger partial charge in [0.25, 0.3) is 0 Å². The molecule has 15 heavy (non-hydrogen) atoms. The summed E-state index contributed by atoms with van der Waals surface area (Å²) in [5, 5.41) is 1.08. The minimum absolute atomic E-state index is 0.504. The zero-order valence-corrected chi connectivity index (χ0v) is 10.2. The van der Waals surface area contributed by atoms with E-state index in [1.165, 1.54) is 18.0 Å². The van der Waals surface area contributed by atoms with Crippen molar-refractivity contribution >= 4 is 22.4 Å². The van der Waals surface area contributed by atoms with Gasteiger partial charge in [0.1, 0.15) is 0 Å². The molecule has 0 saturated carbocycles. The highest BCUT2D eigenvalue weighted by Crippen LogP contribution is 2.41. The molecule has 2 heterocycles. The SMILES string of the molecule is COc1c(N)nsc1N1CC(C)CC1C. The Morgan fingerprint density at radius 1 is 1.53 bits per heavy atom. The average molecular weight is 227 g/mol. The Kier molecular flexibility index (Phi) is 2.73. The normalized spacial score (nSPS) is 25.9. The maximum absolute atomic E-state index is 5.75. The number of rotatable bonds is 2. The van der Waals surface area contributed by atoms with Crippen molar-refractivity contribution in [2.45, 2.75) is 26.3 Å². The molecule has 2 unspecified atom stereocenters. The molecule has 0 amide bonds. The quantitative estimate of drug-likeness (QED) is 0.839. The van der Waals surface area contributed by atoms with E-state index in [1.54, 1.807) is 7.11 Å². The Morgan fingerprint density at radius 3 is 2.80 bits per heavy atom. The van der Waals surface area contributed by atoms with E-state index in [1.807, 2.05) is 0 Å². The van der Waals surface area contributed by atoms with Crippen LogP contribution in [0.2, 0.25) is 0 Å². The smallest absolute Gasteiger partial charge is 0.197 e. The fourth-order valence-electron chi connectivity index (χ4n) is 2.24. The van der Waals surface area contributed by atoms with Crippen LogP contribution in [-0.2, 0) is 0 Å². The van der Waals surface area contributed by atoms with Gasteiger partial charge in [-0.1, -0.05) is 6.92 Å². The van der Waals surface area contributed by atoms with Crippen LogP contribution in [0.1, 0.15) is 20.3 Å². The number of anilines is 2. The van der Waals surface area contributed by atoms with Crippen molar-refractivity contribution in [3.8, 4) is 5.75 Å². The number of hydrogen-bond donors (Lipinski definition) is 1. The summed E-state index contributed by atoms with van der Waals surface area (Å²) >= 11 is 1.43. The number of nitrogens with zero attached hydrogens (tertiary/aromatic N) is 2. The molecule has 2 rings (SSSR count). The zero-order valence-electron chi connectivity index (χ0n) is 9.36. The van der Waals surface area contributed by atoms with Crippen molar-refractivity contribution in [1.82, 2.24) is 4.37 Å². The van der Waals surface area contributed by atoms with Gasteiger partial charge >= 0.3 is 0 Å². The summed E-state index contributed by atoms with van der Waals surface area (Å²) in [6, 6.07) is 0.550. The summed E-state index contributed by atoms with van der Waals surface area (Å²) in [7, 11) is 1.65. The van der Waals surface area contributed by atoms with E-state index in [0.717, 1.165) is 23.2 Å². The summed E-state index contributed by atoms with van der Waals surface area (Å²) in [5.74, 6) is 1.97. The molecule has 84 valence electrons. The molecule has 0 aliphatic carbocycles. The van der Waals surface area contributed by atoms with E-state index in [0.29, 0.717) is 11.9 Å². The molecule has 1 aromatic heterocycles. The van der Waals surface area contributed by atoms with Gasteiger partial charge in [0, 0.05) is 12.6 Å². The van der Waals surface area contributed by atoms with Crippen LogP contribution in [0.3, 0.4) is 0 Å². The Bertz CT molecular complexity index is 352. The molecule has 2 N–H and O–H groups in total. The second-order valence-electron chi connectivity index (χ2n) is 4.25. The minimum atomic E-state index is 0.504. The first-order chi connectivity index (χ1) is 7.13. The Labute approximate surface area is 94.2 Å². The summed E-state index contributed by atoms with van der Waals surface area (Å²) in [6.07, 6.45) is 1.22. The van der Waals surface area contributed by atoms with Gasteiger partial charge in [-0.15, -0.1) is 0 Å². The first kappa shape index (κ1) is 10.5. The monoisotopic (exact) mass is 227 g/mol. The predicted molar refractivity (Wildman–Crippen MR) is 63.7 cm³/mol. The van der Waals surface area contributed by atoms with E-state index in [4.69, 9.17) is 10.5 Å². The average Bonchev–Trinajstić information content (AvgIpc) is 2.69. The van der Waals surface area contributed by atoms with Crippen LogP contribution in [0.25, 0.3) is 0 Å². The first-order valence-electron chi connectivity index (χ1n) is 5.19. The lowest BCUT2D eigenvalue weighted by Gasteiger charge is -2.22. The standard InChI is InChI=1S/C10H17N3OS/c1-6-4-7(2)13(5-6)10-8(14-3)9(11)12-15-10/h6-7H,4-5H2,1-3H3,(H2,11,12). The highest BCUT2D eigenvalue weighted by Gasteiger charge is 2.30. The van der Waals surface area contributed by atoms with Crippen molar-refractivity contribution in [3.63, 3.8) is 0 Å². The van der Waals surface area contributed by atoms with Crippen LogP contribution in [-0.4, -0.2) is 24.1 Å². The van der Waals surface area contributed by atoms with Gasteiger partial charge < -0.3 is 15.4 Å². The second kappa shape index (κ2) is 3.89. The van der Waals surface area contributed by atoms with Crippen LogP contribution in [0.15, 0.2) is 0 Å². The number of methoxy groups -OCH3 is 1. The lowest BCUT2D eigenvalue weighted by molar-refractivity contribution is 0.417. The van der Waals surface area contributed by atoms with Gasteiger partial charge in [-0.25, -0.2) is 0 Å². The van der Waals surface area contributed by atoms with E-state index in [2.05, 4.69) is 23.1 Å². The third-order valence-corrected chi connectivity index (χ3v) is 3.79. The van der Waals surface area contributed by atoms with Crippen LogP contribution >= 0.6 is 11.5 Å². The molecule has 1 aliphatic heterocycles. The molecular weight excluding hydrogens is 210 g/mol. The highest BCUT2D eigenvalue weighted by atomic mass is 32.1. The molecule has 1 fully saturated rings. The lowest BCUT2D eigenvalue weighted by atomic mass is 10.1. The summed E-state index contributed by atoms with van der Waals surface area (Å²) in [5.41, 5.74) is 5.75. The highest BCUT2D eigenvalue weighted by molar-refractivity contribution is 7.11. The molecule has 5 heteroatoms. The van der Waals surface area contributed by atoms with Gasteiger partial charge in [-0.05, 0) is 30.8 Å². The Balaban J connectivity index is 2.29. The largest absolute Gasteiger partial charge is 0.490 e. The van der Waals surface area contributed by atoms with Gasteiger partial charge in [-0.2, -0.15) is 4.37 Å². The maximum Gasteiger partial charge on any atom is 0.197 e. The van der Waals surface area contributed by atoms with Crippen LogP contribution in [0, 0.1) is 5.92 Å². The summed E-state index contributed by atoms with van der Waals surface area (Å²) in [6.45, 7) is 5.57. The number of nitrogens with two attached hydrogens (primary N) is 1. The third-order valence-electron chi connectivity index (χ3n) is 2.91. The van der Waals surface area contributed by atoms with E-state index in [-0.39, 0.29) is 0 Å². The van der Waals surface area contributed by atoms with Crippen molar-refractivity contribution < 1.29 is 4.74 Å². The van der Waals surface area contributed by atoms with Gasteiger partial charge in [0.2, 0.25) is 0 Å². The Hall–Kier alpha value is -0.970. The Morgan fingerprint density at radius 2 is 2.27 bits per heavy atom. The molecule has 0 radical (unpaired) electrons. The third kappa shape index (κ3) is 1.76. The van der Waals surface area contributed by atoms with Crippen LogP contribution in [0.5, 0.6) is 5.75 Å². The van der Waals surface area contributed by atoms with Crippen molar-refractivity contribution in [3.05, 3.63) is 0 Å². The molecule has 1 aromatic rings. The molecule has 1 aliphatic rings. The first-order valence-corrected chi connectivity index (χ1v) is 5.96. The molecule has 0 aromatic carbocycles. The van der Waals surface area contributed by atoms with E-state index >= 15 is 0 Å². The molecular formula is C10H17N3OS. The lowest BCUT2D eigenvalue weighted by Crippen LogP contribution is -2.26.